The molecule has 0 radical (unpaired) electrons. The van der Waals surface area contributed by atoms with Gasteiger partial charge in [-0.25, -0.2) is 0 Å². The number of anilines is 2. The van der Waals surface area contributed by atoms with E-state index in [1.54, 1.807) is 18.2 Å². The van der Waals surface area contributed by atoms with E-state index < -0.39 is 11.7 Å². The topological polar surface area (TPSA) is 68.6 Å². The molecule has 0 bridgehead atoms. The molecule has 0 aromatic heterocycles. The van der Waals surface area contributed by atoms with Crippen LogP contribution in [0.4, 0.5) is 24.5 Å². The number of carbonyl (C=O) groups is 1. The SMILES string of the molecule is COc1cc(C(=O)Nc2ccc(N3CCN(Cc4cccc(C#N)c4)CC3)cc2)ccc1-c1ccc(C(F)(F)F)cc1. The Balaban J connectivity index is 1.18. The van der Waals surface area contributed by atoms with Crippen molar-refractivity contribution in [3.8, 4) is 22.9 Å². The molecule has 1 amide bonds. The van der Waals surface area contributed by atoms with Crippen LogP contribution in [0.25, 0.3) is 11.1 Å². The number of ether oxygens (including phenoxy) is 1. The summed E-state index contributed by atoms with van der Waals surface area (Å²) >= 11 is 0. The van der Waals surface area contributed by atoms with E-state index in [0.29, 0.717) is 33.7 Å². The molecule has 42 heavy (non-hydrogen) atoms. The molecule has 0 saturated carbocycles. The highest BCUT2D eigenvalue weighted by atomic mass is 19.4. The van der Waals surface area contributed by atoms with E-state index in [1.165, 1.54) is 19.2 Å². The van der Waals surface area contributed by atoms with Gasteiger partial charge in [0.15, 0.2) is 0 Å². The average molecular weight is 571 g/mol. The molecule has 1 aliphatic heterocycles. The molecule has 9 heteroatoms. The molecule has 5 rings (SSSR count). The molecule has 4 aromatic rings. The second kappa shape index (κ2) is 12.4. The summed E-state index contributed by atoms with van der Waals surface area (Å²) in [5, 5.41) is 12.0. The maximum atomic E-state index is 13.0. The van der Waals surface area contributed by atoms with Crippen LogP contribution in [0.5, 0.6) is 5.75 Å². The van der Waals surface area contributed by atoms with Gasteiger partial charge >= 0.3 is 6.18 Å². The van der Waals surface area contributed by atoms with Crippen molar-refractivity contribution in [3.05, 3.63) is 113 Å². The standard InChI is InChI=1S/C33H29F3N4O2/c1-42-31-20-26(7-14-30(31)25-5-8-27(9-6-25)33(34,35)36)32(41)38-28-10-12-29(13-11-28)40-17-15-39(16-18-40)22-24-4-2-3-23(19-24)21-37/h2-14,19-20H,15-18,22H2,1H3,(H,38,41). The summed E-state index contributed by atoms with van der Waals surface area (Å²) in [7, 11) is 1.45. The number of piperazine rings is 1. The van der Waals surface area contributed by atoms with Gasteiger partial charge in [-0.05, 0) is 77.9 Å². The van der Waals surface area contributed by atoms with Crippen molar-refractivity contribution < 1.29 is 22.7 Å². The minimum atomic E-state index is -4.41. The number of alkyl halides is 3. The van der Waals surface area contributed by atoms with Crippen LogP contribution in [0.3, 0.4) is 0 Å². The molecule has 4 aromatic carbocycles. The van der Waals surface area contributed by atoms with Gasteiger partial charge < -0.3 is 15.0 Å². The molecule has 214 valence electrons. The van der Waals surface area contributed by atoms with Crippen molar-refractivity contribution in [2.75, 3.05) is 43.5 Å². The van der Waals surface area contributed by atoms with Gasteiger partial charge in [0, 0.05) is 55.2 Å². The van der Waals surface area contributed by atoms with Gasteiger partial charge in [0.25, 0.3) is 5.91 Å². The lowest BCUT2D eigenvalue weighted by molar-refractivity contribution is -0.137. The highest BCUT2D eigenvalue weighted by Gasteiger charge is 2.30. The van der Waals surface area contributed by atoms with Crippen molar-refractivity contribution in [1.29, 1.82) is 5.26 Å². The summed E-state index contributed by atoms with van der Waals surface area (Å²) in [6, 6.07) is 27.3. The van der Waals surface area contributed by atoms with Crippen molar-refractivity contribution in [2.45, 2.75) is 12.7 Å². The molecule has 1 heterocycles. The summed E-state index contributed by atoms with van der Waals surface area (Å²) in [6.45, 7) is 4.35. The Bertz CT molecular complexity index is 1590. The van der Waals surface area contributed by atoms with Crippen molar-refractivity contribution >= 4 is 17.3 Å². The second-order valence-corrected chi connectivity index (χ2v) is 10.1. The third-order valence-electron chi connectivity index (χ3n) is 7.31. The van der Waals surface area contributed by atoms with E-state index in [2.05, 4.69) is 21.2 Å². The number of carbonyl (C=O) groups excluding carboxylic acids is 1. The Kier molecular flexibility index (Phi) is 8.46. The molecule has 0 unspecified atom stereocenters. The number of nitrogens with one attached hydrogen (secondary N) is 1. The lowest BCUT2D eigenvalue weighted by Gasteiger charge is -2.36. The first-order valence-electron chi connectivity index (χ1n) is 13.5. The minimum Gasteiger partial charge on any atom is -0.496 e. The van der Waals surface area contributed by atoms with Crippen LogP contribution in [-0.2, 0) is 12.7 Å². The number of amides is 1. The van der Waals surface area contributed by atoms with Crippen molar-refractivity contribution in [2.24, 2.45) is 0 Å². The highest BCUT2D eigenvalue weighted by molar-refractivity contribution is 6.05. The molecule has 0 aliphatic carbocycles. The van der Waals surface area contributed by atoms with Crippen LogP contribution >= 0.6 is 0 Å². The van der Waals surface area contributed by atoms with Gasteiger partial charge in [-0.3, -0.25) is 9.69 Å². The van der Waals surface area contributed by atoms with Crippen LogP contribution in [0.1, 0.15) is 27.0 Å². The first-order valence-corrected chi connectivity index (χ1v) is 13.5. The van der Waals surface area contributed by atoms with E-state index in [9.17, 15) is 18.0 Å². The van der Waals surface area contributed by atoms with Gasteiger partial charge in [0.1, 0.15) is 5.75 Å². The van der Waals surface area contributed by atoms with E-state index in [1.807, 2.05) is 48.5 Å². The smallest absolute Gasteiger partial charge is 0.416 e. The lowest BCUT2D eigenvalue weighted by atomic mass is 10.0. The van der Waals surface area contributed by atoms with Gasteiger partial charge in [-0.1, -0.05) is 24.3 Å². The predicted molar refractivity (Wildman–Crippen MR) is 156 cm³/mol. The molecule has 6 nitrogen and oxygen atoms in total. The van der Waals surface area contributed by atoms with Gasteiger partial charge in [-0.15, -0.1) is 0 Å². The van der Waals surface area contributed by atoms with E-state index in [-0.39, 0.29) is 5.91 Å². The fourth-order valence-corrected chi connectivity index (χ4v) is 5.03. The van der Waals surface area contributed by atoms with Crippen LogP contribution in [-0.4, -0.2) is 44.1 Å². The Labute approximate surface area is 242 Å². The monoisotopic (exact) mass is 570 g/mol. The summed E-state index contributed by atoms with van der Waals surface area (Å²) in [5.41, 5.74) is 4.30. The molecule has 0 spiro atoms. The zero-order chi connectivity index (χ0) is 29.7. The number of benzene rings is 4. The van der Waals surface area contributed by atoms with Crippen LogP contribution in [0.15, 0.2) is 91.0 Å². The Morgan fingerprint density at radius 2 is 1.64 bits per heavy atom. The summed E-state index contributed by atoms with van der Waals surface area (Å²) in [5.74, 6) is 0.0590. The van der Waals surface area contributed by atoms with E-state index >= 15 is 0 Å². The number of rotatable bonds is 7. The number of halogens is 3. The minimum absolute atomic E-state index is 0.325. The van der Waals surface area contributed by atoms with Gasteiger partial charge in [0.2, 0.25) is 0 Å². The zero-order valence-corrected chi connectivity index (χ0v) is 23.0. The first-order chi connectivity index (χ1) is 20.2. The molecular weight excluding hydrogens is 541 g/mol. The largest absolute Gasteiger partial charge is 0.496 e. The summed E-state index contributed by atoms with van der Waals surface area (Å²) in [6.07, 6.45) is -4.41. The average Bonchev–Trinajstić information content (AvgIpc) is 3.01. The molecular formula is C33H29F3N4O2. The number of nitrogens with zero attached hydrogens (tertiary/aromatic N) is 3. The number of hydrogen-bond acceptors (Lipinski definition) is 5. The maximum absolute atomic E-state index is 13.0. The second-order valence-electron chi connectivity index (χ2n) is 10.1. The Morgan fingerprint density at radius 3 is 2.29 bits per heavy atom. The normalized spacial score (nSPS) is 13.8. The predicted octanol–water partition coefficient (Wildman–Crippen LogP) is 6.83. The number of hydrogen-bond donors (Lipinski definition) is 1. The summed E-state index contributed by atoms with van der Waals surface area (Å²) in [4.78, 5) is 17.7. The lowest BCUT2D eigenvalue weighted by Crippen LogP contribution is -2.45. The fraction of sp³-hybridized carbons (Fsp3) is 0.212. The fourth-order valence-electron chi connectivity index (χ4n) is 5.03. The zero-order valence-electron chi connectivity index (χ0n) is 23.0. The van der Waals surface area contributed by atoms with Crippen LogP contribution in [0, 0.1) is 11.3 Å². The molecule has 1 N–H and O–H groups in total. The number of methoxy groups -OCH3 is 1. The first kappa shape index (κ1) is 28.7. The Hall–Kier alpha value is -4.81. The van der Waals surface area contributed by atoms with Crippen molar-refractivity contribution in [3.63, 3.8) is 0 Å². The summed E-state index contributed by atoms with van der Waals surface area (Å²) < 4.78 is 44.2. The highest BCUT2D eigenvalue weighted by Crippen LogP contribution is 2.34. The van der Waals surface area contributed by atoms with Crippen LogP contribution in [0.2, 0.25) is 0 Å². The third-order valence-corrected chi connectivity index (χ3v) is 7.31. The number of nitriles is 1. The van der Waals surface area contributed by atoms with Gasteiger partial charge in [0.05, 0.1) is 24.3 Å². The van der Waals surface area contributed by atoms with Crippen molar-refractivity contribution in [1.82, 2.24) is 4.90 Å². The quantitative estimate of drug-likeness (QED) is 0.264. The third kappa shape index (κ3) is 6.73. The molecule has 1 aliphatic rings. The van der Waals surface area contributed by atoms with E-state index in [4.69, 9.17) is 10.00 Å². The van der Waals surface area contributed by atoms with Crippen LogP contribution < -0.4 is 15.0 Å². The van der Waals surface area contributed by atoms with Gasteiger partial charge in [-0.2, -0.15) is 18.4 Å². The molecule has 1 saturated heterocycles. The molecule has 0 atom stereocenters. The maximum Gasteiger partial charge on any atom is 0.416 e. The van der Waals surface area contributed by atoms with E-state index in [0.717, 1.165) is 56.1 Å². The Morgan fingerprint density at radius 1 is 0.929 bits per heavy atom. The molecule has 1 fully saturated rings.